The van der Waals surface area contributed by atoms with E-state index in [1.807, 2.05) is 12.2 Å². The Hall–Kier alpha value is -2.82. The van der Waals surface area contributed by atoms with Crippen molar-refractivity contribution in [1.29, 1.82) is 0 Å². The number of aromatic amines is 1. The number of benzene rings is 1. The number of carbonyl (C=O) groups excluding carboxylic acids is 2. The number of hydrogen-bond donors (Lipinski definition) is 3. The van der Waals surface area contributed by atoms with Gasteiger partial charge in [0.15, 0.2) is 22.6 Å². The molecule has 1 aromatic heterocycles. The second-order valence-electron chi connectivity index (χ2n) is 6.04. The van der Waals surface area contributed by atoms with Gasteiger partial charge in [0.25, 0.3) is 5.56 Å². The molecule has 156 valence electrons. The Bertz CT molecular complexity index is 968. The van der Waals surface area contributed by atoms with Crippen LogP contribution in [0.15, 0.2) is 28.2 Å². The first-order chi connectivity index (χ1) is 13.7. The number of halogens is 3. The monoisotopic (exact) mass is 428 g/mol. The van der Waals surface area contributed by atoms with E-state index in [0.29, 0.717) is 18.2 Å². The maximum atomic E-state index is 13.6. The van der Waals surface area contributed by atoms with Gasteiger partial charge >= 0.3 is 0 Å². The Morgan fingerprint density at radius 2 is 1.97 bits per heavy atom. The summed E-state index contributed by atoms with van der Waals surface area (Å²) in [4.78, 5) is 42.4. The van der Waals surface area contributed by atoms with Gasteiger partial charge in [0.1, 0.15) is 0 Å². The molecule has 0 saturated heterocycles. The predicted octanol–water partition coefficient (Wildman–Crippen LogP) is 2.38. The first-order valence-corrected chi connectivity index (χ1v) is 9.57. The number of amides is 2. The smallest absolute Gasteiger partial charge is 0.251 e. The summed E-state index contributed by atoms with van der Waals surface area (Å²) >= 11 is 1.01. The topological polar surface area (TPSA) is 104 Å². The van der Waals surface area contributed by atoms with Gasteiger partial charge in [-0.15, -0.1) is 0 Å². The van der Waals surface area contributed by atoms with Crippen LogP contribution in [-0.4, -0.2) is 33.6 Å². The number of hydrogen-bond acceptors (Lipinski definition) is 5. The van der Waals surface area contributed by atoms with Gasteiger partial charge in [-0.1, -0.05) is 25.1 Å². The van der Waals surface area contributed by atoms with E-state index < -0.39 is 46.7 Å². The maximum absolute atomic E-state index is 13.6. The average molecular weight is 428 g/mol. The van der Waals surface area contributed by atoms with Gasteiger partial charge in [-0.25, -0.2) is 18.2 Å². The Morgan fingerprint density at radius 1 is 1.24 bits per heavy atom. The fourth-order valence-corrected chi connectivity index (χ4v) is 3.13. The second-order valence-corrected chi connectivity index (χ2v) is 7.37. The van der Waals surface area contributed by atoms with E-state index in [9.17, 15) is 27.6 Å². The molecule has 2 aromatic rings. The number of aryl methyl sites for hydroxylation is 1. The Kier molecular flexibility index (Phi) is 7.82. The highest BCUT2D eigenvalue weighted by atomic mass is 32.2. The van der Waals surface area contributed by atoms with Gasteiger partial charge in [-0.2, -0.15) is 0 Å². The summed E-state index contributed by atoms with van der Waals surface area (Å²) in [5, 5.41) is 3.97. The third-order valence-electron chi connectivity index (χ3n) is 3.67. The van der Waals surface area contributed by atoms with Crippen LogP contribution in [0.2, 0.25) is 0 Å². The minimum absolute atomic E-state index is 0.275. The van der Waals surface area contributed by atoms with Crippen LogP contribution in [0.4, 0.5) is 18.9 Å². The van der Waals surface area contributed by atoms with Crippen molar-refractivity contribution < 1.29 is 22.8 Å². The first kappa shape index (κ1) is 22.5. The minimum Gasteiger partial charge on any atom is -0.346 e. The van der Waals surface area contributed by atoms with Gasteiger partial charge in [0.05, 0.1) is 17.5 Å². The summed E-state index contributed by atoms with van der Waals surface area (Å²) < 4.78 is 39.6. The SMILES string of the molecule is CCCc1cc(=O)[nH]c(SC(C)C(=O)NCC(=O)Nc2ccc(F)c(F)c2F)n1. The minimum atomic E-state index is -1.70. The van der Waals surface area contributed by atoms with Gasteiger partial charge in [0, 0.05) is 11.8 Å². The Morgan fingerprint density at radius 3 is 2.66 bits per heavy atom. The van der Waals surface area contributed by atoms with E-state index in [1.54, 1.807) is 6.92 Å². The number of H-pyrrole nitrogens is 1. The molecule has 3 N–H and O–H groups in total. The van der Waals surface area contributed by atoms with E-state index in [1.165, 1.54) is 6.07 Å². The van der Waals surface area contributed by atoms with Crippen molar-refractivity contribution in [2.45, 2.75) is 37.1 Å². The summed E-state index contributed by atoms with van der Waals surface area (Å²) in [5.41, 5.74) is -0.258. The first-order valence-electron chi connectivity index (χ1n) is 8.69. The molecule has 0 aliphatic carbocycles. The maximum Gasteiger partial charge on any atom is 0.251 e. The molecule has 1 atom stereocenters. The van der Waals surface area contributed by atoms with E-state index in [-0.39, 0.29) is 10.7 Å². The van der Waals surface area contributed by atoms with Crippen LogP contribution in [0.3, 0.4) is 0 Å². The molecule has 2 amide bonds. The number of carbonyl (C=O) groups is 2. The summed E-state index contributed by atoms with van der Waals surface area (Å²) in [7, 11) is 0. The molecule has 0 radical (unpaired) electrons. The van der Waals surface area contributed by atoms with E-state index in [4.69, 9.17) is 0 Å². The highest BCUT2D eigenvalue weighted by molar-refractivity contribution is 8.00. The lowest BCUT2D eigenvalue weighted by atomic mass is 10.2. The third-order valence-corrected chi connectivity index (χ3v) is 4.65. The summed E-state index contributed by atoms with van der Waals surface area (Å²) in [6, 6.07) is 2.93. The van der Waals surface area contributed by atoms with Crippen LogP contribution in [0, 0.1) is 17.5 Å². The van der Waals surface area contributed by atoms with Crippen molar-refractivity contribution in [3.05, 3.63) is 51.7 Å². The van der Waals surface area contributed by atoms with Crippen molar-refractivity contribution in [3.8, 4) is 0 Å². The highest BCUT2D eigenvalue weighted by Gasteiger charge is 2.19. The van der Waals surface area contributed by atoms with Crippen molar-refractivity contribution >= 4 is 29.3 Å². The molecule has 1 unspecified atom stereocenters. The predicted molar refractivity (Wildman–Crippen MR) is 102 cm³/mol. The molecular weight excluding hydrogens is 409 g/mol. The number of nitrogens with one attached hydrogen (secondary N) is 3. The molecule has 0 spiro atoms. The van der Waals surface area contributed by atoms with Crippen molar-refractivity contribution in [2.75, 3.05) is 11.9 Å². The highest BCUT2D eigenvalue weighted by Crippen LogP contribution is 2.20. The molecule has 0 fully saturated rings. The fraction of sp³-hybridized carbons (Fsp3) is 0.333. The Labute approximate surface area is 168 Å². The zero-order valence-electron chi connectivity index (χ0n) is 15.6. The van der Waals surface area contributed by atoms with E-state index in [0.717, 1.165) is 24.2 Å². The lowest BCUT2D eigenvalue weighted by Gasteiger charge is -2.12. The molecule has 29 heavy (non-hydrogen) atoms. The molecule has 11 heteroatoms. The standard InChI is InChI=1S/C18H19F3N4O3S/c1-3-4-10-7-13(26)25-18(23-10)29-9(2)17(28)22-8-14(27)24-12-6-5-11(19)15(20)16(12)21/h5-7,9H,3-4,8H2,1-2H3,(H,22,28)(H,24,27)(H,23,25,26). The zero-order chi connectivity index (χ0) is 21.6. The number of aromatic nitrogens is 2. The summed E-state index contributed by atoms with van der Waals surface area (Å²) in [6.07, 6.45) is 1.43. The lowest BCUT2D eigenvalue weighted by Crippen LogP contribution is -2.37. The van der Waals surface area contributed by atoms with E-state index >= 15 is 0 Å². The number of thioether (sulfide) groups is 1. The Balaban J connectivity index is 1.91. The number of rotatable bonds is 8. The molecule has 0 bridgehead atoms. The lowest BCUT2D eigenvalue weighted by molar-refractivity contribution is -0.123. The molecule has 1 aromatic carbocycles. The van der Waals surface area contributed by atoms with Crippen LogP contribution >= 0.6 is 11.8 Å². The van der Waals surface area contributed by atoms with E-state index in [2.05, 4.69) is 15.3 Å². The van der Waals surface area contributed by atoms with Gasteiger partial charge < -0.3 is 15.6 Å². The quantitative estimate of drug-likeness (QED) is 0.340. The van der Waals surface area contributed by atoms with Crippen LogP contribution < -0.4 is 16.2 Å². The zero-order valence-corrected chi connectivity index (χ0v) is 16.5. The second kappa shape index (κ2) is 10.1. The molecule has 7 nitrogen and oxygen atoms in total. The number of anilines is 1. The van der Waals surface area contributed by atoms with Crippen molar-refractivity contribution in [1.82, 2.24) is 15.3 Å². The van der Waals surface area contributed by atoms with Crippen LogP contribution in [0.25, 0.3) is 0 Å². The molecule has 0 aliphatic heterocycles. The van der Waals surface area contributed by atoms with Crippen molar-refractivity contribution in [2.24, 2.45) is 0 Å². The molecular formula is C18H19F3N4O3S. The normalized spacial score (nSPS) is 11.8. The molecule has 2 rings (SSSR count). The van der Waals surface area contributed by atoms with Gasteiger partial charge in [-0.05, 0) is 25.5 Å². The summed E-state index contributed by atoms with van der Waals surface area (Å²) in [6.45, 7) is 2.99. The molecule has 0 aliphatic rings. The van der Waals surface area contributed by atoms with Gasteiger partial charge in [-0.3, -0.25) is 14.4 Å². The van der Waals surface area contributed by atoms with Crippen LogP contribution in [0.1, 0.15) is 26.0 Å². The van der Waals surface area contributed by atoms with Gasteiger partial charge in [0.2, 0.25) is 11.8 Å². The van der Waals surface area contributed by atoms with Crippen LogP contribution in [0.5, 0.6) is 0 Å². The van der Waals surface area contributed by atoms with Crippen molar-refractivity contribution in [3.63, 3.8) is 0 Å². The molecule has 1 heterocycles. The number of nitrogens with zero attached hydrogens (tertiary/aromatic N) is 1. The largest absolute Gasteiger partial charge is 0.346 e. The van der Waals surface area contributed by atoms with Crippen LogP contribution in [-0.2, 0) is 16.0 Å². The third kappa shape index (κ3) is 6.34. The average Bonchev–Trinajstić information content (AvgIpc) is 2.66. The molecule has 0 saturated carbocycles. The summed E-state index contributed by atoms with van der Waals surface area (Å²) in [5.74, 6) is -5.97. The fourth-order valence-electron chi connectivity index (χ4n) is 2.27.